The lowest BCUT2D eigenvalue weighted by atomic mass is 9.95. The van der Waals surface area contributed by atoms with Crippen molar-refractivity contribution in [2.75, 3.05) is 0 Å². The van der Waals surface area contributed by atoms with Crippen LogP contribution in [0.4, 0.5) is 0 Å². The fourth-order valence-corrected chi connectivity index (χ4v) is 5.69. The van der Waals surface area contributed by atoms with Crippen molar-refractivity contribution in [3.05, 3.63) is 40.3 Å². The van der Waals surface area contributed by atoms with E-state index in [0.29, 0.717) is 11.1 Å². The van der Waals surface area contributed by atoms with Gasteiger partial charge in [0, 0.05) is 17.8 Å². The Morgan fingerprint density at radius 2 is 1.83 bits per heavy atom. The lowest BCUT2D eigenvalue weighted by Gasteiger charge is -2.33. The quantitative estimate of drug-likeness (QED) is 0.709. The van der Waals surface area contributed by atoms with Crippen LogP contribution in [0.15, 0.2) is 28.5 Å². The predicted molar refractivity (Wildman–Crippen MR) is 86.7 cm³/mol. The number of nitrogens with zero attached hydrogens (tertiary/aromatic N) is 1. The third-order valence-corrected chi connectivity index (χ3v) is 7.27. The van der Waals surface area contributed by atoms with Gasteiger partial charge >= 0.3 is 5.97 Å². The van der Waals surface area contributed by atoms with E-state index in [1.807, 2.05) is 0 Å². The number of aryl methyl sites for hydroxylation is 1. The summed E-state index contributed by atoms with van der Waals surface area (Å²) in [6, 6.07) is 4.40. The smallest absolute Gasteiger partial charge is 0.322 e. The summed E-state index contributed by atoms with van der Waals surface area (Å²) in [6.45, 7) is 1.59. The molecule has 3 rings (SSSR count). The number of hydrogen-bond donors (Lipinski definition) is 3. The number of carbonyl (C=O) groups is 1. The van der Waals surface area contributed by atoms with Gasteiger partial charge in [0.25, 0.3) is 10.0 Å². The first-order valence-electron chi connectivity index (χ1n) is 7.05. The fourth-order valence-electron chi connectivity index (χ4n) is 2.72. The molecule has 1 aromatic carbocycles. The summed E-state index contributed by atoms with van der Waals surface area (Å²) >= 11 is 1.08. The normalized spacial score (nSPS) is 18.3. The lowest BCUT2D eigenvalue weighted by Crippen LogP contribution is -2.48. The number of phenolic OH excluding ortho intramolecular Hbond substituents is 2. The highest BCUT2D eigenvalue weighted by atomic mass is 32.2. The number of hydrogen-bond acceptors (Lipinski definition) is 6. The molecule has 0 unspecified atom stereocenters. The summed E-state index contributed by atoms with van der Waals surface area (Å²) in [7, 11) is -3.97. The first-order valence-corrected chi connectivity index (χ1v) is 9.30. The van der Waals surface area contributed by atoms with E-state index in [4.69, 9.17) is 0 Å². The van der Waals surface area contributed by atoms with Gasteiger partial charge in [0.2, 0.25) is 0 Å². The Balaban J connectivity index is 2.08. The summed E-state index contributed by atoms with van der Waals surface area (Å²) < 4.78 is 26.7. The van der Waals surface area contributed by atoms with E-state index in [0.717, 1.165) is 20.5 Å². The molecule has 2 aromatic rings. The van der Waals surface area contributed by atoms with Crippen LogP contribution in [0.25, 0.3) is 0 Å². The molecule has 0 aliphatic carbocycles. The third kappa shape index (κ3) is 2.74. The van der Waals surface area contributed by atoms with E-state index in [9.17, 15) is 28.5 Å². The SMILES string of the molecule is Cc1ccc(S(=O)(=O)N2Cc3cc(O)c(O)cc3C[C@@H]2C(=O)O)s1. The second-order valence-electron chi connectivity index (χ2n) is 5.58. The molecule has 0 radical (unpaired) electrons. The molecule has 2 heterocycles. The summed E-state index contributed by atoms with van der Waals surface area (Å²) in [4.78, 5) is 12.4. The van der Waals surface area contributed by atoms with E-state index < -0.39 is 22.0 Å². The van der Waals surface area contributed by atoms with Crippen LogP contribution in [0.2, 0.25) is 0 Å². The maximum Gasteiger partial charge on any atom is 0.322 e. The number of phenols is 2. The number of aliphatic carboxylic acids is 1. The molecule has 3 N–H and O–H groups in total. The van der Waals surface area contributed by atoms with Crippen molar-refractivity contribution >= 4 is 27.3 Å². The van der Waals surface area contributed by atoms with Crippen LogP contribution >= 0.6 is 11.3 Å². The van der Waals surface area contributed by atoms with Crippen molar-refractivity contribution in [2.24, 2.45) is 0 Å². The highest BCUT2D eigenvalue weighted by Gasteiger charge is 2.40. The number of benzene rings is 1. The number of thiophene rings is 1. The largest absolute Gasteiger partial charge is 0.504 e. The molecule has 0 saturated carbocycles. The molecule has 0 fully saturated rings. The average Bonchev–Trinajstić information content (AvgIpc) is 2.94. The Hall–Kier alpha value is -2.10. The van der Waals surface area contributed by atoms with Crippen molar-refractivity contribution in [3.8, 4) is 11.5 Å². The van der Waals surface area contributed by atoms with E-state index in [1.165, 1.54) is 18.2 Å². The summed E-state index contributed by atoms with van der Waals surface area (Å²) in [5.74, 6) is -1.99. The Morgan fingerprint density at radius 1 is 1.21 bits per heavy atom. The maximum atomic E-state index is 12.8. The van der Waals surface area contributed by atoms with Gasteiger partial charge in [-0.3, -0.25) is 4.79 Å². The van der Waals surface area contributed by atoms with Gasteiger partial charge in [0.15, 0.2) is 11.5 Å². The van der Waals surface area contributed by atoms with E-state index in [2.05, 4.69) is 0 Å². The molecule has 9 heteroatoms. The number of carboxylic acid groups (broad SMARTS) is 1. The van der Waals surface area contributed by atoms with Gasteiger partial charge < -0.3 is 15.3 Å². The zero-order chi connectivity index (χ0) is 17.6. The second kappa shape index (κ2) is 5.76. The van der Waals surface area contributed by atoms with Gasteiger partial charge in [-0.15, -0.1) is 11.3 Å². The first kappa shape index (κ1) is 16.7. The van der Waals surface area contributed by atoms with Crippen molar-refractivity contribution in [1.29, 1.82) is 0 Å². The molecule has 24 heavy (non-hydrogen) atoms. The minimum atomic E-state index is -3.97. The monoisotopic (exact) mass is 369 g/mol. The van der Waals surface area contributed by atoms with E-state index in [1.54, 1.807) is 13.0 Å². The highest BCUT2D eigenvalue weighted by Crippen LogP contribution is 2.36. The Bertz CT molecular complexity index is 918. The second-order valence-corrected chi connectivity index (χ2v) is 8.99. The minimum absolute atomic E-state index is 0.0812. The Morgan fingerprint density at radius 3 is 2.38 bits per heavy atom. The van der Waals surface area contributed by atoms with Crippen molar-refractivity contribution in [2.45, 2.75) is 30.1 Å². The van der Waals surface area contributed by atoms with Crippen molar-refractivity contribution < 1.29 is 28.5 Å². The van der Waals surface area contributed by atoms with Crippen LogP contribution in [0.5, 0.6) is 11.5 Å². The highest BCUT2D eigenvalue weighted by molar-refractivity contribution is 7.91. The number of sulfonamides is 1. The van der Waals surface area contributed by atoms with E-state index >= 15 is 0 Å². The van der Waals surface area contributed by atoms with Gasteiger partial charge in [0.1, 0.15) is 10.3 Å². The topological polar surface area (TPSA) is 115 Å². The number of carboxylic acids is 1. The molecule has 0 spiro atoms. The molecule has 7 nitrogen and oxygen atoms in total. The lowest BCUT2D eigenvalue weighted by molar-refractivity contribution is -0.141. The van der Waals surface area contributed by atoms with Crippen LogP contribution in [0.3, 0.4) is 0 Å². The molecular weight excluding hydrogens is 354 g/mol. The van der Waals surface area contributed by atoms with Crippen LogP contribution in [-0.4, -0.2) is 40.1 Å². The molecule has 1 aliphatic rings. The maximum absolute atomic E-state index is 12.8. The third-order valence-electron chi connectivity index (χ3n) is 3.95. The summed E-state index contributed by atoms with van der Waals surface area (Å²) in [6.07, 6.45) is -0.0813. The van der Waals surface area contributed by atoms with Gasteiger partial charge in [-0.1, -0.05) is 0 Å². The molecule has 0 amide bonds. The summed E-state index contributed by atoms with van der Waals surface area (Å²) in [5.41, 5.74) is 0.978. The van der Waals surface area contributed by atoms with Crippen molar-refractivity contribution in [1.82, 2.24) is 4.31 Å². The van der Waals surface area contributed by atoms with Crippen LogP contribution in [0.1, 0.15) is 16.0 Å². The Kier molecular flexibility index (Phi) is 4.02. The number of aromatic hydroxyl groups is 2. The van der Waals surface area contributed by atoms with Gasteiger partial charge in [0.05, 0.1) is 0 Å². The molecule has 128 valence electrons. The van der Waals surface area contributed by atoms with Crippen LogP contribution in [-0.2, 0) is 27.8 Å². The van der Waals surface area contributed by atoms with Gasteiger partial charge in [-0.25, -0.2) is 8.42 Å². The summed E-state index contributed by atoms with van der Waals surface area (Å²) in [5, 5.41) is 28.7. The van der Waals surface area contributed by atoms with Crippen LogP contribution < -0.4 is 0 Å². The molecule has 0 bridgehead atoms. The van der Waals surface area contributed by atoms with Gasteiger partial charge in [-0.05, 0) is 42.3 Å². The zero-order valence-electron chi connectivity index (χ0n) is 12.6. The molecule has 0 saturated heterocycles. The minimum Gasteiger partial charge on any atom is -0.504 e. The molecule has 1 aromatic heterocycles. The number of fused-ring (bicyclic) bond motifs is 1. The standard InChI is InChI=1S/C15H15NO6S2/c1-8-2-3-14(23-8)24(21,22)16-7-10-6-13(18)12(17)5-9(10)4-11(16)15(19)20/h2-3,5-6,11,17-18H,4,7H2,1H3,(H,19,20)/t11-/m1/s1. The van der Waals surface area contributed by atoms with Crippen LogP contribution in [0, 0.1) is 6.92 Å². The number of rotatable bonds is 3. The molecular formula is C15H15NO6S2. The average molecular weight is 369 g/mol. The fraction of sp³-hybridized carbons (Fsp3) is 0.267. The zero-order valence-corrected chi connectivity index (χ0v) is 14.3. The molecule has 1 aliphatic heterocycles. The predicted octanol–water partition coefficient (Wildman–Crippen LogP) is 1.67. The van der Waals surface area contributed by atoms with E-state index in [-0.39, 0.29) is 28.7 Å². The van der Waals surface area contributed by atoms with Gasteiger partial charge in [-0.2, -0.15) is 4.31 Å². The Labute approximate surface area is 142 Å². The molecule has 1 atom stereocenters. The first-order chi connectivity index (χ1) is 11.2. The van der Waals surface area contributed by atoms with Crippen molar-refractivity contribution in [3.63, 3.8) is 0 Å².